The molecule has 7 nitrogen and oxygen atoms in total. The van der Waals surface area contributed by atoms with Gasteiger partial charge in [-0.3, -0.25) is 4.79 Å². The molecular weight excluding hydrogens is 412 g/mol. The topological polar surface area (TPSA) is 77.6 Å². The van der Waals surface area contributed by atoms with Gasteiger partial charge in [-0.15, -0.1) is 0 Å². The highest BCUT2D eigenvalue weighted by Gasteiger charge is 2.22. The second-order valence-corrected chi connectivity index (χ2v) is 10.1. The molecule has 1 aromatic carbocycles. The summed E-state index contributed by atoms with van der Waals surface area (Å²) < 4.78 is 3.53. The number of aromatic nitrogens is 5. The maximum Gasteiger partial charge on any atom is 0.278 e. The lowest BCUT2D eigenvalue weighted by Crippen LogP contribution is -2.25. The predicted octanol–water partition coefficient (Wildman–Crippen LogP) is 5.09. The molecule has 0 fully saturated rings. The number of hydrogen-bond acceptors (Lipinski definition) is 5. The molecule has 3 heterocycles. The molecule has 0 bridgehead atoms. The molecule has 7 heteroatoms. The van der Waals surface area contributed by atoms with Crippen LogP contribution in [0.2, 0.25) is 0 Å². The minimum Gasteiger partial charge on any atom is -0.324 e. The number of rotatable bonds is 4. The van der Waals surface area contributed by atoms with Crippen molar-refractivity contribution in [3.05, 3.63) is 69.8 Å². The van der Waals surface area contributed by atoms with Gasteiger partial charge >= 0.3 is 0 Å². The van der Waals surface area contributed by atoms with Gasteiger partial charge in [0.1, 0.15) is 5.39 Å². The van der Waals surface area contributed by atoms with E-state index in [-0.39, 0.29) is 17.0 Å². The summed E-state index contributed by atoms with van der Waals surface area (Å²) in [7, 11) is 0. The van der Waals surface area contributed by atoms with Crippen LogP contribution in [0.4, 0.5) is 11.6 Å². The molecule has 0 unspecified atom stereocenters. The van der Waals surface area contributed by atoms with Crippen LogP contribution >= 0.6 is 0 Å². The van der Waals surface area contributed by atoms with Crippen molar-refractivity contribution >= 4 is 22.7 Å². The molecule has 170 valence electrons. The highest BCUT2D eigenvalue weighted by molar-refractivity contribution is 5.77. The Bertz CT molecular complexity index is 1410. The van der Waals surface area contributed by atoms with Crippen LogP contribution in [-0.4, -0.2) is 24.3 Å². The number of aryl methyl sites for hydroxylation is 2. The Kier molecular flexibility index (Phi) is 5.07. The molecule has 3 aromatic heterocycles. The van der Waals surface area contributed by atoms with Gasteiger partial charge in [-0.2, -0.15) is 4.98 Å². The molecule has 1 aliphatic carbocycles. The van der Waals surface area contributed by atoms with Crippen molar-refractivity contribution in [3.8, 4) is 5.82 Å². The smallest absolute Gasteiger partial charge is 0.278 e. The number of fused-ring (bicyclic) bond motifs is 2. The monoisotopic (exact) mass is 442 g/mol. The average Bonchev–Trinajstić information content (AvgIpc) is 3.35. The van der Waals surface area contributed by atoms with Crippen molar-refractivity contribution in [1.82, 2.24) is 24.3 Å². The Balaban J connectivity index is 1.65. The number of anilines is 2. The van der Waals surface area contributed by atoms with Gasteiger partial charge in [0.15, 0.2) is 11.5 Å². The summed E-state index contributed by atoms with van der Waals surface area (Å²) in [6.45, 7) is 10.4. The first kappa shape index (κ1) is 21.4. The van der Waals surface area contributed by atoms with Crippen LogP contribution < -0.4 is 10.9 Å². The quantitative estimate of drug-likeness (QED) is 0.476. The molecule has 0 saturated heterocycles. The number of pyridine rings is 1. The zero-order chi connectivity index (χ0) is 23.3. The van der Waals surface area contributed by atoms with E-state index in [4.69, 9.17) is 9.97 Å². The van der Waals surface area contributed by atoms with E-state index in [1.165, 1.54) is 17.5 Å². The summed E-state index contributed by atoms with van der Waals surface area (Å²) in [4.78, 5) is 27.4. The standard InChI is InChI=1S/C26H30N6O/c1-16(2)31-24(33)20-15-27-25(28-19-13-12-17-8-6-9-18(17)14-19)30-23(20)32(31)22-11-7-10-21(29-22)26(3,4)5/h7,10-16H,6,8-9H2,1-5H3,(H,27,28,30). The molecule has 1 aliphatic rings. The van der Waals surface area contributed by atoms with Gasteiger partial charge in [-0.25, -0.2) is 19.3 Å². The number of hydrogen-bond donors (Lipinski definition) is 1. The van der Waals surface area contributed by atoms with Gasteiger partial charge in [0.25, 0.3) is 5.56 Å². The van der Waals surface area contributed by atoms with E-state index in [2.05, 4.69) is 49.3 Å². The van der Waals surface area contributed by atoms with Crippen LogP contribution in [0, 0.1) is 0 Å². The molecule has 0 spiro atoms. The maximum absolute atomic E-state index is 13.3. The number of benzene rings is 1. The van der Waals surface area contributed by atoms with Crippen LogP contribution in [0.1, 0.15) is 63.9 Å². The molecule has 0 amide bonds. The lowest BCUT2D eigenvalue weighted by atomic mass is 9.92. The molecule has 0 saturated carbocycles. The van der Waals surface area contributed by atoms with Crippen molar-refractivity contribution in [2.75, 3.05) is 5.32 Å². The van der Waals surface area contributed by atoms with Gasteiger partial charge in [-0.05, 0) is 68.5 Å². The lowest BCUT2D eigenvalue weighted by Gasteiger charge is -2.20. The SMILES string of the molecule is CC(C)n1c(=O)c2cnc(Nc3ccc4c(c3)CCC4)nc2n1-c1cccc(C(C)(C)C)n1. The Labute approximate surface area is 193 Å². The molecule has 0 atom stereocenters. The van der Waals surface area contributed by atoms with Crippen molar-refractivity contribution in [3.63, 3.8) is 0 Å². The fourth-order valence-corrected chi connectivity index (χ4v) is 4.48. The Morgan fingerprint density at radius 2 is 1.82 bits per heavy atom. The molecule has 0 radical (unpaired) electrons. The normalized spacial score (nSPS) is 13.6. The summed E-state index contributed by atoms with van der Waals surface area (Å²) in [5.74, 6) is 1.13. The summed E-state index contributed by atoms with van der Waals surface area (Å²) >= 11 is 0. The van der Waals surface area contributed by atoms with Gasteiger partial charge in [-0.1, -0.05) is 32.9 Å². The maximum atomic E-state index is 13.3. The second-order valence-electron chi connectivity index (χ2n) is 10.1. The van der Waals surface area contributed by atoms with E-state index in [9.17, 15) is 4.79 Å². The Morgan fingerprint density at radius 3 is 2.58 bits per heavy atom. The summed E-state index contributed by atoms with van der Waals surface area (Å²) in [5.41, 5.74) is 5.03. The minimum atomic E-state index is -0.118. The van der Waals surface area contributed by atoms with Crippen LogP contribution in [0.3, 0.4) is 0 Å². The third-order valence-corrected chi connectivity index (χ3v) is 6.19. The first-order valence-electron chi connectivity index (χ1n) is 11.6. The summed E-state index contributed by atoms with van der Waals surface area (Å²) in [6.07, 6.45) is 5.07. The Hall–Kier alpha value is -3.48. The molecule has 0 aliphatic heterocycles. The van der Waals surface area contributed by atoms with E-state index in [1.54, 1.807) is 10.9 Å². The van der Waals surface area contributed by atoms with E-state index in [0.717, 1.165) is 24.2 Å². The lowest BCUT2D eigenvalue weighted by molar-refractivity contribution is 0.469. The number of nitrogens with zero attached hydrogens (tertiary/aromatic N) is 5. The van der Waals surface area contributed by atoms with Gasteiger partial charge < -0.3 is 5.32 Å². The zero-order valence-corrected chi connectivity index (χ0v) is 19.9. The van der Waals surface area contributed by atoms with E-state index in [0.29, 0.717) is 22.8 Å². The summed E-state index contributed by atoms with van der Waals surface area (Å²) in [6, 6.07) is 12.3. The van der Waals surface area contributed by atoms with Gasteiger partial charge in [0.05, 0.1) is 0 Å². The van der Waals surface area contributed by atoms with E-state index < -0.39 is 0 Å². The molecule has 4 aromatic rings. The Morgan fingerprint density at radius 1 is 1.03 bits per heavy atom. The fourth-order valence-electron chi connectivity index (χ4n) is 4.48. The largest absolute Gasteiger partial charge is 0.324 e. The van der Waals surface area contributed by atoms with Gasteiger partial charge in [0.2, 0.25) is 5.95 Å². The van der Waals surface area contributed by atoms with Crippen molar-refractivity contribution in [2.24, 2.45) is 0 Å². The van der Waals surface area contributed by atoms with Crippen molar-refractivity contribution in [2.45, 2.75) is 65.3 Å². The van der Waals surface area contributed by atoms with E-state index >= 15 is 0 Å². The van der Waals surface area contributed by atoms with E-state index in [1.807, 2.05) is 36.7 Å². The fraction of sp³-hybridized carbons (Fsp3) is 0.385. The predicted molar refractivity (Wildman–Crippen MR) is 132 cm³/mol. The van der Waals surface area contributed by atoms with Gasteiger partial charge in [0, 0.05) is 29.0 Å². The van der Waals surface area contributed by atoms with Crippen LogP contribution in [0.15, 0.2) is 47.4 Å². The molecular formula is C26H30N6O. The number of nitrogens with one attached hydrogen (secondary N) is 1. The third-order valence-electron chi connectivity index (χ3n) is 6.19. The van der Waals surface area contributed by atoms with Crippen LogP contribution in [0.5, 0.6) is 0 Å². The first-order valence-corrected chi connectivity index (χ1v) is 11.6. The van der Waals surface area contributed by atoms with Crippen LogP contribution in [0.25, 0.3) is 16.9 Å². The van der Waals surface area contributed by atoms with Crippen molar-refractivity contribution in [1.29, 1.82) is 0 Å². The molecule has 1 N–H and O–H groups in total. The zero-order valence-electron chi connectivity index (χ0n) is 19.9. The first-order chi connectivity index (χ1) is 15.7. The second kappa shape index (κ2) is 7.83. The van der Waals surface area contributed by atoms with Crippen LogP contribution in [-0.2, 0) is 18.3 Å². The summed E-state index contributed by atoms with van der Waals surface area (Å²) in [5, 5.41) is 3.81. The highest BCUT2D eigenvalue weighted by atomic mass is 16.1. The highest BCUT2D eigenvalue weighted by Crippen LogP contribution is 2.27. The molecule has 5 rings (SSSR count). The van der Waals surface area contributed by atoms with Crippen molar-refractivity contribution < 1.29 is 0 Å². The molecule has 33 heavy (non-hydrogen) atoms. The third kappa shape index (κ3) is 3.81. The average molecular weight is 443 g/mol. The minimum absolute atomic E-state index is 0.0695.